The standard InChI is InChI=1S/C24H19F3O6/c1-3-10-31-21-13-16(30-2)8-9-18(21)24(29)32-15-6-4-14(5-7-15)23(28)33-17-11-19(25)22(27)20(26)12-17/h4-9,11-13H,3,10H2,1-2H3. The highest BCUT2D eigenvalue weighted by Crippen LogP contribution is 2.27. The lowest BCUT2D eigenvalue weighted by Crippen LogP contribution is -2.12. The molecular formula is C24H19F3O6. The number of carbonyl (C=O) groups excluding carboxylic acids is 2. The van der Waals surface area contributed by atoms with Crippen LogP contribution in [0.5, 0.6) is 23.0 Å². The first kappa shape index (κ1) is 23.6. The van der Waals surface area contributed by atoms with Gasteiger partial charge in [0.2, 0.25) is 0 Å². The Morgan fingerprint density at radius 3 is 2.00 bits per heavy atom. The Labute approximate surface area is 187 Å². The monoisotopic (exact) mass is 460 g/mol. The third-order valence-corrected chi connectivity index (χ3v) is 4.34. The Morgan fingerprint density at radius 1 is 0.788 bits per heavy atom. The molecule has 0 radical (unpaired) electrons. The van der Waals surface area contributed by atoms with Gasteiger partial charge >= 0.3 is 11.9 Å². The van der Waals surface area contributed by atoms with Crippen LogP contribution < -0.4 is 18.9 Å². The summed E-state index contributed by atoms with van der Waals surface area (Å²) in [4.78, 5) is 24.8. The number of esters is 2. The van der Waals surface area contributed by atoms with Crippen LogP contribution in [0.2, 0.25) is 0 Å². The fraction of sp³-hybridized carbons (Fsp3) is 0.167. The lowest BCUT2D eigenvalue weighted by Gasteiger charge is -2.12. The van der Waals surface area contributed by atoms with Gasteiger partial charge in [0.15, 0.2) is 17.5 Å². The third-order valence-electron chi connectivity index (χ3n) is 4.34. The van der Waals surface area contributed by atoms with Crippen molar-refractivity contribution in [1.29, 1.82) is 0 Å². The number of rotatable bonds is 8. The second-order valence-corrected chi connectivity index (χ2v) is 6.71. The molecule has 0 N–H and O–H groups in total. The van der Waals surface area contributed by atoms with Crippen LogP contribution in [-0.4, -0.2) is 25.7 Å². The number of halogens is 3. The number of hydrogen-bond acceptors (Lipinski definition) is 6. The van der Waals surface area contributed by atoms with E-state index in [1.807, 2.05) is 6.92 Å². The minimum Gasteiger partial charge on any atom is -0.497 e. The van der Waals surface area contributed by atoms with E-state index in [1.165, 1.54) is 37.4 Å². The fourth-order valence-electron chi connectivity index (χ4n) is 2.71. The van der Waals surface area contributed by atoms with E-state index < -0.39 is 35.1 Å². The topological polar surface area (TPSA) is 71.1 Å². The fourth-order valence-corrected chi connectivity index (χ4v) is 2.71. The molecule has 0 amide bonds. The van der Waals surface area contributed by atoms with Gasteiger partial charge in [-0.1, -0.05) is 6.92 Å². The second-order valence-electron chi connectivity index (χ2n) is 6.71. The van der Waals surface area contributed by atoms with E-state index in [4.69, 9.17) is 18.9 Å². The molecule has 0 fully saturated rings. The van der Waals surface area contributed by atoms with Gasteiger partial charge in [-0.3, -0.25) is 0 Å². The molecule has 0 saturated carbocycles. The zero-order chi connectivity index (χ0) is 24.0. The van der Waals surface area contributed by atoms with Gasteiger partial charge < -0.3 is 18.9 Å². The van der Waals surface area contributed by atoms with Gasteiger partial charge in [0.25, 0.3) is 0 Å². The van der Waals surface area contributed by atoms with Crippen molar-refractivity contribution >= 4 is 11.9 Å². The van der Waals surface area contributed by atoms with Crippen molar-refractivity contribution in [2.24, 2.45) is 0 Å². The summed E-state index contributed by atoms with van der Waals surface area (Å²) in [5, 5.41) is 0. The molecule has 3 rings (SSSR count). The van der Waals surface area contributed by atoms with Crippen LogP contribution in [0.4, 0.5) is 13.2 Å². The van der Waals surface area contributed by atoms with Gasteiger partial charge in [-0.25, -0.2) is 22.8 Å². The zero-order valence-corrected chi connectivity index (χ0v) is 17.7. The van der Waals surface area contributed by atoms with Crippen molar-refractivity contribution in [1.82, 2.24) is 0 Å². The molecular weight excluding hydrogens is 441 g/mol. The summed E-state index contributed by atoms with van der Waals surface area (Å²) >= 11 is 0. The highest BCUT2D eigenvalue weighted by molar-refractivity contribution is 5.94. The molecule has 0 spiro atoms. The molecule has 172 valence electrons. The van der Waals surface area contributed by atoms with Crippen molar-refractivity contribution in [3.63, 3.8) is 0 Å². The molecule has 9 heteroatoms. The predicted octanol–water partition coefficient (Wildman–Crippen LogP) is 5.34. The Bertz CT molecular complexity index is 1140. The van der Waals surface area contributed by atoms with Crippen molar-refractivity contribution < 1.29 is 41.7 Å². The largest absolute Gasteiger partial charge is 0.497 e. The van der Waals surface area contributed by atoms with Gasteiger partial charge in [0, 0.05) is 18.2 Å². The van der Waals surface area contributed by atoms with E-state index >= 15 is 0 Å². The minimum atomic E-state index is -1.67. The van der Waals surface area contributed by atoms with Crippen LogP contribution in [0.15, 0.2) is 54.6 Å². The maximum Gasteiger partial charge on any atom is 0.347 e. The summed E-state index contributed by atoms with van der Waals surface area (Å²) in [5.41, 5.74) is 0.199. The van der Waals surface area contributed by atoms with Gasteiger partial charge in [-0.2, -0.15) is 0 Å². The van der Waals surface area contributed by atoms with Crippen molar-refractivity contribution in [3.8, 4) is 23.0 Å². The van der Waals surface area contributed by atoms with Crippen LogP contribution in [0, 0.1) is 17.5 Å². The highest BCUT2D eigenvalue weighted by Gasteiger charge is 2.18. The first-order valence-corrected chi connectivity index (χ1v) is 9.82. The molecule has 0 aliphatic rings. The average Bonchev–Trinajstić information content (AvgIpc) is 2.81. The summed E-state index contributed by atoms with van der Waals surface area (Å²) in [6.45, 7) is 2.32. The molecule has 0 saturated heterocycles. The van der Waals surface area contributed by atoms with Gasteiger partial charge in [0.05, 0.1) is 19.3 Å². The quantitative estimate of drug-likeness (QED) is 0.257. The van der Waals surface area contributed by atoms with Crippen molar-refractivity contribution in [3.05, 3.63) is 83.2 Å². The van der Waals surface area contributed by atoms with E-state index in [2.05, 4.69) is 0 Å². The van der Waals surface area contributed by atoms with Crippen LogP contribution >= 0.6 is 0 Å². The number of methoxy groups -OCH3 is 1. The molecule has 6 nitrogen and oxygen atoms in total. The number of hydrogen-bond donors (Lipinski definition) is 0. The molecule has 0 aliphatic heterocycles. The molecule has 0 bridgehead atoms. The SMILES string of the molecule is CCCOc1cc(OC)ccc1C(=O)Oc1ccc(C(=O)Oc2cc(F)c(F)c(F)c2)cc1. The van der Waals surface area contributed by atoms with E-state index in [1.54, 1.807) is 12.1 Å². The summed E-state index contributed by atoms with van der Waals surface area (Å²) in [7, 11) is 1.49. The normalized spacial score (nSPS) is 10.5. The number of ether oxygens (including phenoxy) is 4. The first-order valence-electron chi connectivity index (χ1n) is 9.82. The van der Waals surface area contributed by atoms with Crippen LogP contribution in [-0.2, 0) is 0 Å². The Kier molecular flexibility index (Phi) is 7.55. The minimum absolute atomic E-state index is 0.0105. The number of benzene rings is 3. The molecule has 3 aromatic rings. The maximum absolute atomic E-state index is 13.3. The van der Waals surface area contributed by atoms with Crippen molar-refractivity contribution in [2.75, 3.05) is 13.7 Å². The lowest BCUT2D eigenvalue weighted by atomic mass is 10.2. The van der Waals surface area contributed by atoms with Gasteiger partial charge in [-0.05, 0) is 42.8 Å². The Balaban J connectivity index is 1.70. The molecule has 33 heavy (non-hydrogen) atoms. The third kappa shape index (κ3) is 5.82. The molecule has 0 aromatic heterocycles. The van der Waals surface area contributed by atoms with Gasteiger partial charge in [-0.15, -0.1) is 0 Å². The average molecular weight is 460 g/mol. The van der Waals surface area contributed by atoms with Crippen LogP contribution in [0.25, 0.3) is 0 Å². The second kappa shape index (κ2) is 10.5. The predicted molar refractivity (Wildman–Crippen MR) is 111 cm³/mol. The highest BCUT2D eigenvalue weighted by atomic mass is 19.2. The summed E-state index contributed by atoms with van der Waals surface area (Å²) in [6.07, 6.45) is 0.737. The Morgan fingerprint density at radius 2 is 1.39 bits per heavy atom. The van der Waals surface area contributed by atoms with E-state index in [9.17, 15) is 22.8 Å². The van der Waals surface area contributed by atoms with E-state index in [0.29, 0.717) is 30.2 Å². The van der Waals surface area contributed by atoms with Crippen LogP contribution in [0.3, 0.4) is 0 Å². The van der Waals surface area contributed by atoms with E-state index in [0.717, 1.165) is 6.42 Å². The van der Waals surface area contributed by atoms with Crippen molar-refractivity contribution in [2.45, 2.75) is 13.3 Å². The zero-order valence-electron chi connectivity index (χ0n) is 17.7. The molecule has 0 unspecified atom stereocenters. The molecule has 0 heterocycles. The molecule has 0 atom stereocenters. The smallest absolute Gasteiger partial charge is 0.347 e. The summed E-state index contributed by atoms with van der Waals surface area (Å²) in [6, 6.07) is 11.1. The first-order chi connectivity index (χ1) is 15.8. The lowest BCUT2D eigenvalue weighted by molar-refractivity contribution is 0.0726. The summed E-state index contributed by atoms with van der Waals surface area (Å²) < 4.78 is 60.5. The number of carbonyl (C=O) groups is 2. The van der Waals surface area contributed by atoms with E-state index in [-0.39, 0.29) is 16.9 Å². The maximum atomic E-state index is 13.3. The molecule has 0 aliphatic carbocycles. The van der Waals surface area contributed by atoms with Gasteiger partial charge in [0.1, 0.15) is 28.6 Å². The summed E-state index contributed by atoms with van der Waals surface area (Å²) in [5.74, 6) is -5.80. The molecule has 3 aromatic carbocycles. The Hall–Kier alpha value is -4.01. The van der Waals surface area contributed by atoms with Crippen LogP contribution in [0.1, 0.15) is 34.1 Å².